The quantitative estimate of drug-likeness (QED) is 0.855. The lowest BCUT2D eigenvalue weighted by Gasteiger charge is -2.38. The molecule has 22 heavy (non-hydrogen) atoms. The first-order valence-corrected chi connectivity index (χ1v) is 8.31. The summed E-state index contributed by atoms with van der Waals surface area (Å²) in [5.41, 5.74) is 5.77. The first-order chi connectivity index (χ1) is 10.1. The van der Waals surface area contributed by atoms with E-state index < -0.39 is 0 Å². The molecule has 1 fully saturated rings. The fourth-order valence-electron chi connectivity index (χ4n) is 2.72. The average molecular weight is 346 g/mol. The van der Waals surface area contributed by atoms with E-state index in [1.165, 1.54) is 11.3 Å². The van der Waals surface area contributed by atoms with E-state index >= 15 is 0 Å². The molecule has 7 heteroatoms. The van der Waals surface area contributed by atoms with Gasteiger partial charge in [0.15, 0.2) is 0 Å². The minimum atomic E-state index is -0.111. The molecule has 0 saturated carbocycles. The third-order valence-corrected chi connectivity index (χ3v) is 4.81. The molecule has 2 amide bonds. The van der Waals surface area contributed by atoms with Crippen LogP contribution in [0.5, 0.6) is 0 Å². The monoisotopic (exact) mass is 345 g/mol. The molecule has 0 spiro atoms. The van der Waals surface area contributed by atoms with Gasteiger partial charge in [0, 0.05) is 32.1 Å². The molecule has 5 nitrogen and oxygen atoms in total. The maximum Gasteiger partial charge on any atom is 0.261 e. The van der Waals surface area contributed by atoms with E-state index in [9.17, 15) is 9.59 Å². The first kappa shape index (κ1) is 18.9. The highest BCUT2D eigenvalue weighted by atomic mass is 35.5. The number of rotatable bonds is 5. The predicted octanol–water partition coefficient (Wildman–Crippen LogP) is 1.88. The summed E-state index contributed by atoms with van der Waals surface area (Å²) in [4.78, 5) is 26.6. The van der Waals surface area contributed by atoms with Gasteiger partial charge < -0.3 is 16.0 Å². The Morgan fingerprint density at radius 3 is 2.91 bits per heavy atom. The van der Waals surface area contributed by atoms with E-state index in [0.29, 0.717) is 30.3 Å². The highest BCUT2D eigenvalue weighted by molar-refractivity contribution is 7.12. The summed E-state index contributed by atoms with van der Waals surface area (Å²) in [6, 6.07) is 3.76. The molecule has 2 rings (SSSR count). The molecule has 2 unspecified atom stereocenters. The van der Waals surface area contributed by atoms with Crippen LogP contribution >= 0.6 is 23.7 Å². The zero-order valence-corrected chi connectivity index (χ0v) is 14.4. The lowest BCUT2D eigenvalue weighted by Crippen LogP contribution is -2.49. The van der Waals surface area contributed by atoms with Gasteiger partial charge in [-0.3, -0.25) is 9.59 Å². The molecule has 1 aromatic rings. The molecule has 0 aromatic carbocycles. The van der Waals surface area contributed by atoms with Gasteiger partial charge in [0.05, 0.1) is 4.88 Å². The van der Waals surface area contributed by atoms with Crippen molar-refractivity contribution in [2.45, 2.75) is 32.2 Å². The van der Waals surface area contributed by atoms with Crippen LogP contribution < -0.4 is 11.1 Å². The number of carbonyl (C=O) groups excluding carboxylic acids is 2. The fraction of sp³-hybridized carbons (Fsp3) is 0.600. The SMILES string of the molecule is CC1CCN(C(=O)CCNC(=O)c2cccs2)C(CN)C1.Cl. The summed E-state index contributed by atoms with van der Waals surface area (Å²) < 4.78 is 0. The Bertz CT molecular complexity index is 481. The van der Waals surface area contributed by atoms with E-state index in [1.54, 1.807) is 6.07 Å². The van der Waals surface area contributed by atoms with Crippen molar-refractivity contribution in [2.24, 2.45) is 11.7 Å². The van der Waals surface area contributed by atoms with Gasteiger partial charge in [-0.2, -0.15) is 0 Å². The zero-order chi connectivity index (χ0) is 15.2. The molecule has 1 aliphatic rings. The molecule has 0 bridgehead atoms. The van der Waals surface area contributed by atoms with Gasteiger partial charge in [0.2, 0.25) is 5.91 Å². The molecular weight excluding hydrogens is 322 g/mol. The van der Waals surface area contributed by atoms with Gasteiger partial charge in [-0.15, -0.1) is 23.7 Å². The van der Waals surface area contributed by atoms with E-state index in [1.807, 2.05) is 16.3 Å². The largest absolute Gasteiger partial charge is 0.351 e. The summed E-state index contributed by atoms with van der Waals surface area (Å²) in [6.07, 6.45) is 2.34. The summed E-state index contributed by atoms with van der Waals surface area (Å²) >= 11 is 1.40. The van der Waals surface area contributed by atoms with Crippen molar-refractivity contribution in [3.8, 4) is 0 Å². The van der Waals surface area contributed by atoms with Crippen molar-refractivity contribution in [3.05, 3.63) is 22.4 Å². The minimum Gasteiger partial charge on any atom is -0.351 e. The Morgan fingerprint density at radius 1 is 1.50 bits per heavy atom. The zero-order valence-electron chi connectivity index (χ0n) is 12.8. The molecule has 1 aromatic heterocycles. The van der Waals surface area contributed by atoms with Crippen molar-refractivity contribution >= 4 is 35.6 Å². The molecule has 0 radical (unpaired) electrons. The van der Waals surface area contributed by atoms with Crippen molar-refractivity contribution in [3.63, 3.8) is 0 Å². The van der Waals surface area contributed by atoms with Gasteiger partial charge in [0.25, 0.3) is 5.91 Å². The van der Waals surface area contributed by atoms with Gasteiger partial charge in [-0.25, -0.2) is 0 Å². The van der Waals surface area contributed by atoms with E-state index in [0.717, 1.165) is 19.4 Å². The highest BCUT2D eigenvalue weighted by Crippen LogP contribution is 2.22. The molecule has 1 saturated heterocycles. The van der Waals surface area contributed by atoms with Crippen LogP contribution in [-0.2, 0) is 4.79 Å². The highest BCUT2D eigenvalue weighted by Gasteiger charge is 2.28. The second kappa shape index (κ2) is 9.12. The number of hydrogen-bond acceptors (Lipinski definition) is 4. The number of carbonyl (C=O) groups is 2. The van der Waals surface area contributed by atoms with Gasteiger partial charge in [-0.1, -0.05) is 13.0 Å². The fourth-order valence-corrected chi connectivity index (χ4v) is 3.36. The van der Waals surface area contributed by atoms with Crippen LogP contribution in [0.2, 0.25) is 0 Å². The minimum absolute atomic E-state index is 0. The number of nitrogens with two attached hydrogens (primary N) is 1. The Morgan fingerprint density at radius 2 is 2.27 bits per heavy atom. The standard InChI is InChI=1S/C15H23N3O2S.ClH/c1-11-5-7-18(12(9-11)10-16)14(19)4-6-17-15(20)13-3-2-8-21-13;/h2-3,8,11-12H,4-7,9-10,16H2,1H3,(H,17,20);1H. The number of likely N-dealkylation sites (tertiary alicyclic amines) is 1. The van der Waals surface area contributed by atoms with Crippen LogP contribution in [-0.4, -0.2) is 42.4 Å². The number of thiophene rings is 1. The maximum atomic E-state index is 12.3. The Balaban J connectivity index is 0.00000242. The second-order valence-electron chi connectivity index (χ2n) is 5.59. The number of halogens is 1. The Hall–Kier alpha value is -1.11. The van der Waals surface area contributed by atoms with Crippen molar-refractivity contribution in [1.82, 2.24) is 10.2 Å². The lowest BCUT2D eigenvalue weighted by atomic mass is 9.92. The molecule has 124 valence electrons. The second-order valence-corrected chi connectivity index (χ2v) is 6.54. The maximum absolute atomic E-state index is 12.3. The summed E-state index contributed by atoms with van der Waals surface area (Å²) in [5, 5.41) is 4.65. The van der Waals surface area contributed by atoms with Crippen LogP contribution in [0.4, 0.5) is 0 Å². The topological polar surface area (TPSA) is 75.4 Å². The Labute approximate surface area is 141 Å². The van der Waals surface area contributed by atoms with E-state index in [-0.39, 0.29) is 30.3 Å². The summed E-state index contributed by atoms with van der Waals surface area (Å²) in [6.45, 7) is 3.86. The number of piperidine rings is 1. The summed E-state index contributed by atoms with van der Waals surface area (Å²) in [7, 11) is 0. The number of nitrogens with zero attached hydrogens (tertiary/aromatic N) is 1. The van der Waals surface area contributed by atoms with Crippen molar-refractivity contribution < 1.29 is 9.59 Å². The molecular formula is C15H24ClN3O2S. The molecule has 2 atom stereocenters. The van der Waals surface area contributed by atoms with Crippen molar-refractivity contribution in [2.75, 3.05) is 19.6 Å². The van der Waals surface area contributed by atoms with Crippen molar-refractivity contribution in [1.29, 1.82) is 0 Å². The predicted molar refractivity (Wildman–Crippen MR) is 91.5 cm³/mol. The normalized spacial score (nSPS) is 21.1. The Kier molecular flexibility index (Phi) is 7.85. The number of nitrogens with one attached hydrogen (secondary N) is 1. The van der Waals surface area contributed by atoms with Crippen LogP contribution in [0.3, 0.4) is 0 Å². The van der Waals surface area contributed by atoms with Gasteiger partial charge in [0.1, 0.15) is 0 Å². The third kappa shape index (κ3) is 4.97. The van der Waals surface area contributed by atoms with Gasteiger partial charge >= 0.3 is 0 Å². The van der Waals surface area contributed by atoms with E-state index in [4.69, 9.17) is 5.73 Å². The van der Waals surface area contributed by atoms with Crippen LogP contribution in [0, 0.1) is 5.92 Å². The smallest absolute Gasteiger partial charge is 0.261 e. The van der Waals surface area contributed by atoms with Crippen LogP contribution in [0.15, 0.2) is 17.5 Å². The molecule has 2 heterocycles. The van der Waals surface area contributed by atoms with Crippen LogP contribution in [0.1, 0.15) is 35.9 Å². The lowest BCUT2D eigenvalue weighted by molar-refractivity contribution is -0.135. The number of hydrogen-bond donors (Lipinski definition) is 2. The summed E-state index contributed by atoms with van der Waals surface area (Å²) in [5.74, 6) is 0.602. The number of amides is 2. The molecule has 3 N–H and O–H groups in total. The van der Waals surface area contributed by atoms with Gasteiger partial charge in [-0.05, 0) is 30.2 Å². The van der Waals surface area contributed by atoms with E-state index in [2.05, 4.69) is 12.2 Å². The molecule has 1 aliphatic heterocycles. The average Bonchev–Trinajstić information content (AvgIpc) is 3.01. The third-order valence-electron chi connectivity index (χ3n) is 3.94. The first-order valence-electron chi connectivity index (χ1n) is 7.43. The molecule has 0 aliphatic carbocycles. The van der Waals surface area contributed by atoms with Crippen LogP contribution in [0.25, 0.3) is 0 Å².